The number of fused-ring (bicyclic) bond motifs is 2. The molecule has 18 heavy (non-hydrogen) atoms. The molecule has 1 aliphatic heterocycles. The Balaban J connectivity index is 1.90. The first-order valence-electron chi connectivity index (χ1n) is 6.47. The second-order valence-corrected chi connectivity index (χ2v) is 5.67. The molecule has 1 N–H and O–H groups in total. The van der Waals surface area contributed by atoms with Crippen molar-refractivity contribution in [3.63, 3.8) is 0 Å². The molecule has 1 saturated carbocycles. The first-order valence-corrected chi connectivity index (χ1v) is 6.85. The molecule has 1 amide bonds. The minimum Gasteiger partial charge on any atom is -0.387 e. The molecule has 2 bridgehead atoms. The molecule has 0 radical (unpaired) electrons. The van der Waals surface area contributed by atoms with E-state index in [1.54, 1.807) is 12.1 Å². The Bertz CT molecular complexity index is 489. The lowest BCUT2D eigenvalue weighted by atomic mass is 10.1. The average Bonchev–Trinajstić information content (AvgIpc) is 3.00. The third kappa shape index (κ3) is 1.87. The summed E-state index contributed by atoms with van der Waals surface area (Å²) in [6.45, 7) is 0.916. The summed E-state index contributed by atoms with van der Waals surface area (Å²) in [4.78, 5) is 14.6. The molecule has 2 unspecified atom stereocenters. The van der Waals surface area contributed by atoms with Crippen LogP contribution in [0.3, 0.4) is 0 Å². The summed E-state index contributed by atoms with van der Waals surface area (Å²) in [5, 5.41) is 3.68. The Morgan fingerprint density at radius 3 is 2.89 bits per heavy atom. The minimum atomic E-state index is 0.119. The van der Waals surface area contributed by atoms with Crippen LogP contribution in [0.5, 0.6) is 0 Å². The number of amides is 1. The zero-order valence-electron chi connectivity index (χ0n) is 10.4. The van der Waals surface area contributed by atoms with Crippen molar-refractivity contribution in [1.82, 2.24) is 4.90 Å². The molecular weight excluding hydrogens is 248 g/mol. The van der Waals surface area contributed by atoms with Crippen LogP contribution in [0.15, 0.2) is 18.2 Å². The van der Waals surface area contributed by atoms with Gasteiger partial charge in [-0.05, 0) is 43.4 Å². The van der Waals surface area contributed by atoms with E-state index in [4.69, 9.17) is 11.6 Å². The molecular formula is C14H17ClN2O. The Kier molecular flexibility index (Phi) is 2.94. The summed E-state index contributed by atoms with van der Waals surface area (Å²) in [5.74, 6) is 0.838. The lowest BCUT2D eigenvalue weighted by Crippen LogP contribution is -2.37. The number of nitrogens with one attached hydrogen (secondary N) is 1. The quantitative estimate of drug-likeness (QED) is 0.891. The van der Waals surface area contributed by atoms with Gasteiger partial charge in [-0.2, -0.15) is 0 Å². The normalized spacial score (nSPS) is 25.6. The third-order valence-corrected chi connectivity index (χ3v) is 4.39. The summed E-state index contributed by atoms with van der Waals surface area (Å²) >= 11 is 6.01. The summed E-state index contributed by atoms with van der Waals surface area (Å²) in [6.07, 6.45) is 3.62. The second-order valence-electron chi connectivity index (χ2n) is 5.23. The van der Waals surface area contributed by atoms with Crippen molar-refractivity contribution in [2.75, 3.05) is 18.9 Å². The molecule has 2 aliphatic rings. The summed E-state index contributed by atoms with van der Waals surface area (Å²) < 4.78 is 0. The molecule has 1 heterocycles. The highest BCUT2D eigenvalue weighted by Crippen LogP contribution is 2.38. The van der Waals surface area contributed by atoms with Crippen molar-refractivity contribution in [3.05, 3.63) is 28.8 Å². The van der Waals surface area contributed by atoms with Crippen LogP contribution in [-0.4, -0.2) is 30.4 Å². The maximum Gasteiger partial charge on any atom is 0.256 e. The molecule has 1 aromatic carbocycles. The van der Waals surface area contributed by atoms with Gasteiger partial charge in [-0.15, -0.1) is 0 Å². The second kappa shape index (κ2) is 4.47. The van der Waals surface area contributed by atoms with Crippen LogP contribution in [0.2, 0.25) is 5.02 Å². The molecule has 2 atom stereocenters. The van der Waals surface area contributed by atoms with Crippen molar-refractivity contribution in [2.24, 2.45) is 5.92 Å². The highest BCUT2D eigenvalue weighted by atomic mass is 35.5. The van der Waals surface area contributed by atoms with Gasteiger partial charge in [0.1, 0.15) is 0 Å². The standard InChI is InChI=1S/C14H17ClN2O/c1-16-13-5-3-10(15)7-12(13)14(18)17-8-9-2-4-11(17)6-9/h3,5,7,9,11,16H,2,4,6,8H2,1H3. The Morgan fingerprint density at radius 2 is 2.28 bits per heavy atom. The number of hydrogen-bond acceptors (Lipinski definition) is 2. The fourth-order valence-corrected chi connectivity index (χ4v) is 3.41. The van der Waals surface area contributed by atoms with E-state index in [1.165, 1.54) is 12.8 Å². The van der Waals surface area contributed by atoms with E-state index < -0.39 is 0 Å². The minimum absolute atomic E-state index is 0.119. The molecule has 0 aromatic heterocycles. The molecule has 96 valence electrons. The van der Waals surface area contributed by atoms with Gasteiger partial charge >= 0.3 is 0 Å². The molecule has 4 heteroatoms. The fraction of sp³-hybridized carbons (Fsp3) is 0.500. The third-order valence-electron chi connectivity index (χ3n) is 4.15. The van der Waals surface area contributed by atoms with Gasteiger partial charge in [0.2, 0.25) is 0 Å². The van der Waals surface area contributed by atoms with Crippen LogP contribution in [0.4, 0.5) is 5.69 Å². The van der Waals surface area contributed by atoms with Crippen molar-refractivity contribution >= 4 is 23.2 Å². The van der Waals surface area contributed by atoms with Crippen molar-refractivity contribution in [2.45, 2.75) is 25.3 Å². The molecule has 1 saturated heterocycles. The summed E-state index contributed by atoms with van der Waals surface area (Å²) in [7, 11) is 1.83. The highest BCUT2D eigenvalue weighted by molar-refractivity contribution is 6.31. The largest absolute Gasteiger partial charge is 0.387 e. The smallest absolute Gasteiger partial charge is 0.256 e. The van der Waals surface area contributed by atoms with Gasteiger partial charge < -0.3 is 10.2 Å². The number of anilines is 1. The fourth-order valence-electron chi connectivity index (χ4n) is 3.24. The van der Waals surface area contributed by atoms with Crippen molar-refractivity contribution in [1.29, 1.82) is 0 Å². The number of benzene rings is 1. The number of rotatable bonds is 2. The molecule has 2 fully saturated rings. The van der Waals surface area contributed by atoms with Crippen LogP contribution in [0.1, 0.15) is 29.6 Å². The summed E-state index contributed by atoms with van der Waals surface area (Å²) in [5.41, 5.74) is 1.55. The molecule has 0 spiro atoms. The van der Waals surface area contributed by atoms with Crippen LogP contribution >= 0.6 is 11.6 Å². The first-order chi connectivity index (χ1) is 8.69. The van der Waals surface area contributed by atoms with Gasteiger partial charge in [0.25, 0.3) is 5.91 Å². The van der Waals surface area contributed by atoms with Gasteiger partial charge in [-0.3, -0.25) is 4.79 Å². The van der Waals surface area contributed by atoms with Crippen molar-refractivity contribution < 1.29 is 4.79 Å². The van der Waals surface area contributed by atoms with E-state index in [9.17, 15) is 4.79 Å². The van der Waals surface area contributed by atoms with Crippen LogP contribution in [-0.2, 0) is 0 Å². The first kappa shape index (κ1) is 11.8. The molecule has 3 rings (SSSR count). The van der Waals surface area contributed by atoms with Crippen molar-refractivity contribution in [3.8, 4) is 0 Å². The van der Waals surface area contributed by atoms with E-state index in [1.807, 2.05) is 18.0 Å². The summed E-state index contributed by atoms with van der Waals surface area (Å²) in [6, 6.07) is 5.89. The van der Waals surface area contributed by atoms with Crippen LogP contribution in [0, 0.1) is 5.92 Å². The zero-order valence-corrected chi connectivity index (χ0v) is 11.2. The van der Waals surface area contributed by atoms with E-state index in [0.29, 0.717) is 16.6 Å². The zero-order chi connectivity index (χ0) is 12.7. The van der Waals surface area contributed by atoms with E-state index in [0.717, 1.165) is 24.6 Å². The SMILES string of the molecule is CNc1ccc(Cl)cc1C(=O)N1CC2CCC1C2. The number of carbonyl (C=O) groups excluding carboxylic acids is 1. The van der Waals surface area contributed by atoms with Gasteiger partial charge in [0, 0.05) is 30.3 Å². The predicted molar refractivity (Wildman–Crippen MR) is 73.2 cm³/mol. The number of piperidine rings is 1. The van der Waals surface area contributed by atoms with E-state index >= 15 is 0 Å². The number of likely N-dealkylation sites (tertiary alicyclic amines) is 1. The number of nitrogens with zero attached hydrogens (tertiary/aromatic N) is 1. The Labute approximate surface area is 112 Å². The topological polar surface area (TPSA) is 32.3 Å². The number of halogens is 1. The van der Waals surface area contributed by atoms with Crippen LogP contribution in [0.25, 0.3) is 0 Å². The Morgan fingerprint density at radius 1 is 1.44 bits per heavy atom. The van der Waals surface area contributed by atoms with E-state index in [-0.39, 0.29) is 5.91 Å². The Hall–Kier alpha value is -1.22. The van der Waals surface area contributed by atoms with E-state index in [2.05, 4.69) is 5.32 Å². The predicted octanol–water partition coefficient (Wildman–Crippen LogP) is 3.01. The maximum absolute atomic E-state index is 12.6. The lowest BCUT2D eigenvalue weighted by Gasteiger charge is -2.27. The van der Waals surface area contributed by atoms with Gasteiger partial charge in [0.05, 0.1) is 5.56 Å². The highest BCUT2D eigenvalue weighted by Gasteiger charge is 2.40. The van der Waals surface area contributed by atoms with Gasteiger partial charge in [-0.25, -0.2) is 0 Å². The molecule has 3 nitrogen and oxygen atoms in total. The van der Waals surface area contributed by atoms with Gasteiger partial charge in [-0.1, -0.05) is 11.6 Å². The lowest BCUT2D eigenvalue weighted by molar-refractivity contribution is 0.0704. The molecule has 1 aliphatic carbocycles. The average molecular weight is 265 g/mol. The molecule has 1 aromatic rings. The van der Waals surface area contributed by atoms with Crippen LogP contribution < -0.4 is 5.32 Å². The monoisotopic (exact) mass is 264 g/mol. The maximum atomic E-state index is 12.6. The number of hydrogen-bond donors (Lipinski definition) is 1. The number of carbonyl (C=O) groups is 1. The van der Waals surface area contributed by atoms with Gasteiger partial charge in [0.15, 0.2) is 0 Å².